The van der Waals surface area contributed by atoms with Crippen LogP contribution in [0.1, 0.15) is 13.3 Å². The SMILES string of the molecule is CCC(Oc1ccccc1F)C(N)=NO. The van der Waals surface area contributed by atoms with E-state index in [1.165, 1.54) is 12.1 Å². The number of amidine groups is 1. The van der Waals surface area contributed by atoms with Gasteiger partial charge in [0.2, 0.25) is 0 Å². The first kappa shape index (κ1) is 11.3. The lowest BCUT2D eigenvalue weighted by Gasteiger charge is -2.16. The molecule has 0 aliphatic rings. The van der Waals surface area contributed by atoms with E-state index in [-0.39, 0.29) is 11.6 Å². The molecule has 1 rings (SSSR count). The average Bonchev–Trinajstić information content (AvgIpc) is 2.27. The van der Waals surface area contributed by atoms with Crippen LogP contribution in [-0.4, -0.2) is 17.1 Å². The molecule has 0 bridgehead atoms. The second kappa shape index (κ2) is 5.19. The van der Waals surface area contributed by atoms with E-state index in [9.17, 15) is 4.39 Å². The molecule has 0 aliphatic carbocycles. The van der Waals surface area contributed by atoms with Crippen molar-refractivity contribution in [3.8, 4) is 5.75 Å². The van der Waals surface area contributed by atoms with Crippen LogP contribution in [0.2, 0.25) is 0 Å². The van der Waals surface area contributed by atoms with Crippen LogP contribution in [-0.2, 0) is 0 Å². The van der Waals surface area contributed by atoms with Gasteiger partial charge in [0.05, 0.1) is 0 Å². The fourth-order valence-electron chi connectivity index (χ4n) is 1.11. The highest BCUT2D eigenvalue weighted by molar-refractivity contribution is 5.84. The molecule has 15 heavy (non-hydrogen) atoms. The number of ether oxygens (including phenoxy) is 1. The Morgan fingerprint density at radius 2 is 2.27 bits per heavy atom. The Labute approximate surface area is 87.2 Å². The van der Waals surface area contributed by atoms with E-state index in [2.05, 4.69) is 5.16 Å². The summed E-state index contributed by atoms with van der Waals surface area (Å²) in [6.07, 6.45) is -0.128. The number of nitrogens with two attached hydrogens (primary N) is 1. The first-order valence-corrected chi connectivity index (χ1v) is 4.57. The van der Waals surface area contributed by atoms with Gasteiger partial charge in [0.15, 0.2) is 23.5 Å². The van der Waals surface area contributed by atoms with Crippen molar-refractivity contribution in [1.29, 1.82) is 0 Å². The van der Waals surface area contributed by atoms with Gasteiger partial charge in [0.25, 0.3) is 0 Å². The molecule has 0 heterocycles. The fraction of sp³-hybridized carbons (Fsp3) is 0.300. The topological polar surface area (TPSA) is 67.8 Å². The van der Waals surface area contributed by atoms with Gasteiger partial charge >= 0.3 is 0 Å². The molecule has 0 amide bonds. The molecular weight excluding hydrogens is 199 g/mol. The van der Waals surface area contributed by atoms with Crippen LogP contribution in [0.3, 0.4) is 0 Å². The zero-order chi connectivity index (χ0) is 11.3. The number of oxime groups is 1. The highest BCUT2D eigenvalue weighted by Crippen LogP contribution is 2.17. The number of rotatable bonds is 4. The molecular formula is C10H13FN2O2. The van der Waals surface area contributed by atoms with Gasteiger partial charge < -0.3 is 15.7 Å². The Bertz CT molecular complexity index is 355. The van der Waals surface area contributed by atoms with Crippen molar-refractivity contribution in [2.75, 3.05) is 0 Å². The van der Waals surface area contributed by atoms with Gasteiger partial charge in [0, 0.05) is 0 Å². The Balaban J connectivity index is 2.80. The van der Waals surface area contributed by atoms with E-state index in [0.29, 0.717) is 6.42 Å². The van der Waals surface area contributed by atoms with Crippen molar-refractivity contribution in [2.24, 2.45) is 10.9 Å². The third-order valence-corrected chi connectivity index (χ3v) is 1.92. The quantitative estimate of drug-likeness (QED) is 0.345. The van der Waals surface area contributed by atoms with E-state index in [4.69, 9.17) is 15.7 Å². The number of nitrogens with zero attached hydrogens (tertiary/aromatic N) is 1. The number of hydrogen-bond acceptors (Lipinski definition) is 3. The van der Waals surface area contributed by atoms with Crippen LogP contribution in [0.5, 0.6) is 5.75 Å². The van der Waals surface area contributed by atoms with Gasteiger partial charge in [-0.3, -0.25) is 0 Å². The van der Waals surface area contributed by atoms with Crippen molar-refractivity contribution < 1.29 is 14.3 Å². The standard InChI is InChI=1S/C10H13FN2O2/c1-2-8(10(12)13-14)15-9-6-4-3-5-7(9)11/h3-6,8,14H,2H2,1H3,(H2,12,13). The molecule has 4 nitrogen and oxygen atoms in total. The molecule has 1 atom stereocenters. The Kier molecular flexibility index (Phi) is 3.91. The summed E-state index contributed by atoms with van der Waals surface area (Å²) in [5.74, 6) is -0.446. The predicted molar refractivity (Wildman–Crippen MR) is 54.5 cm³/mol. The van der Waals surface area contributed by atoms with Crippen LogP contribution in [0.15, 0.2) is 29.4 Å². The lowest BCUT2D eigenvalue weighted by Crippen LogP contribution is -2.33. The maximum Gasteiger partial charge on any atom is 0.180 e. The minimum Gasteiger partial charge on any atom is -0.479 e. The smallest absolute Gasteiger partial charge is 0.180 e. The van der Waals surface area contributed by atoms with E-state index >= 15 is 0 Å². The number of benzene rings is 1. The van der Waals surface area contributed by atoms with Crippen LogP contribution in [0, 0.1) is 5.82 Å². The zero-order valence-electron chi connectivity index (χ0n) is 8.35. The minimum absolute atomic E-state index is 0.0687. The van der Waals surface area contributed by atoms with Crippen molar-refractivity contribution >= 4 is 5.84 Å². The van der Waals surface area contributed by atoms with Crippen LogP contribution < -0.4 is 10.5 Å². The third-order valence-electron chi connectivity index (χ3n) is 1.92. The highest BCUT2D eigenvalue weighted by atomic mass is 19.1. The summed E-state index contributed by atoms with van der Waals surface area (Å²) in [7, 11) is 0. The van der Waals surface area contributed by atoms with Crippen LogP contribution in [0.4, 0.5) is 4.39 Å². The van der Waals surface area contributed by atoms with Crippen LogP contribution >= 0.6 is 0 Å². The van der Waals surface area contributed by atoms with Gasteiger partial charge in [-0.05, 0) is 18.6 Å². The number of para-hydroxylation sites is 1. The largest absolute Gasteiger partial charge is 0.479 e. The van der Waals surface area contributed by atoms with Crippen molar-refractivity contribution in [3.05, 3.63) is 30.1 Å². The first-order valence-electron chi connectivity index (χ1n) is 4.57. The number of hydrogen-bond donors (Lipinski definition) is 2. The maximum atomic E-state index is 13.2. The van der Waals surface area contributed by atoms with Crippen molar-refractivity contribution in [3.63, 3.8) is 0 Å². The second-order valence-corrected chi connectivity index (χ2v) is 2.97. The summed E-state index contributed by atoms with van der Waals surface area (Å²) >= 11 is 0. The summed E-state index contributed by atoms with van der Waals surface area (Å²) in [5, 5.41) is 11.3. The summed E-state index contributed by atoms with van der Waals surface area (Å²) < 4.78 is 18.4. The molecule has 0 saturated carbocycles. The molecule has 0 saturated heterocycles. The predicted octanol–water partition coefficient (Wildman–Crippen LogP) is 1.73. The molecule has 0 radical (unpaired) electrons. The van der Waals surface area contributed by atoms with Gasteiger partial charge in [-0.2, -0.15) is 0 Å². The van der Waals surface area contributed by atoms with Gasteiger partial charge in [-0.15, -0.1) is 0 Å². The molecule has 82 valence electrons. The van der Waals surface area contributed by atoms with E-state index in [1.54, 1.807) is 19.1 Å². The maximum absolute atomic E-state index is 13.2. The normalized spacial score (nSPS) is 13.6. The molecule has 0 aromatic heterocycles. The zero-order valence-corrected chi connectivity index (χ0v) is 8.35. The second-order valence-electron chi connectivity index (χ2n) is 2.97. The first-order chi connectivity index (χ1) is 7.19. The summed E-state index contributed by atoms with van der Waals surface area (Å²) in [6, 6.07) is 5.99. The molecule has 1 aromatic carbocycles. The van der Waals surface area contributed by atoms with Crippen LogP contribution in [0.25, 0.3) is 0 Å². The van der Waals surface area contributed by atoms with Crippen molar-refractivity contribution in [2.45, 2.75) is 19.4 Å². The summed E-state index contributed by atoms with van der Waals surface area (Å²) in [6.45, 7) is 1.80. The van der Waals surface area contributed by atoms with E-state index in [0.717, 1.165) is 0 Å². The monoisotopic (exact) mass is 212 g/mol. The van der Waals surface area contributed by atoms with E-state index in [1.807, 2.05) is 0 Å². The lowest BCUT2D eigenvalue weighted by molar-refractivity contribution is 0.237. The molecule has 3 N–H and O–H groups in total. The fourth-order valence-corrected chi connectivity index (χ4v) is 1.11. The van der Waals surface area contributed by atoms with Gasteiger partial charge in [-0.1, -0.05) is 24.2 Å². The van der Waals surface area contributed by atoms with E-state index < -0.39 is 11.9 Å². The Morgan fingerprint density at radius 1 is 1.60 bits per heavy atom. The van der Waals surface area contributed by atoms with Crippen molar-refractivity contribution in [1.82, 2.24) is 0 Å². The molecule has 0 aliphatic heterocycles. The minimum atomic E-state index is -0.619. The average molecular weight is 212 g/mol. The lowest BCUT2D eigenvalue weighted by atomic mass is 10.2. The molecule has 5 heteroatoms. The summed E-state index contributed by atoms with van der Waals surface area (Å²) in [5.41, 5.74) is 5.38. The Hall–Kier alpha value is -1.78. The highest BCUT2D eigenvalue weighted by Gasteiger charge is 2.15. The summed E-state index contributed by atoms with van der Waals surface area (Å²) in [4.78, 5) is 0. The molecule has 1 aromatic rings. The molecule has 0 fully saturated rings. The molecule has 1 unspecified atom stereocenters. The third kappa shape index (κ3) is 2.83. The van der Waals surface area contributed by atoms with Gasteiger partial charge in [0.1, 0.15) is 0 Å². The Morgan fingerprint density at radius 3 is 2.80 bits per heavy atom. The van der Waals surface area contributed by atoms with Gasteiger partial charge in [-0.25, -0.2) is 4.39 Å². The number of halogens is 1. The molecule has 0 spiro atoms.